The molecule has 0 spiro atoms. The highest BCUT2D eigenvalue weighted by atomic mass is 79.9. The molecule has 0 fully saturated rings. The molecular formula is C13H18BrNO2. The van der Waals surface area contributed by atoms with Crippen molar-refractivity contribution < 1.29 is 9.53 Å². The number of esters is 1. The Morgan fingerprint density at radius 2 is 1.94 bits per heavy atom. The molecule has 0 N–H and O–H groups in total. The normalized spacial score (nSPS) is 12.0. The minimum Gasteiger partial charge on any atom is -0.469 e. The van der Waals surface area contributed by atoms with Crippen molar-refractivity contribution in [3.8, 4) is 0 Å². The summed E-state index contributed by atoms with van der Waals surface area (Å²) in [5.41, 5.74) is 2.38. The number of anilines is 1. The number of benzene rings is 1. The predicted octanol–water partition coefficient (Wildman–Crippen LogP) is 2.62. The molecule has 0 saturated heterocycles. The van der Waals surface area contributed by atoms with Crippen LogP contribution in [0.2, 0.25) is 0 Å². The molecule has 17 heavy (non-hydrogen) atoms. The van der Waals surface area contributed by atoms with Crippen molar-refractivity contribution in [1.29, 1.82) is 0 Å². The Bertz CT molecular complexity index is 362. The Morgan fingerprint density at radius 1 is 1.35 bits per heavy atom. The predicted molar refractivity (Wildman–Crippen MR) is 73.8 cm³/mol. The number of alkyl halides is 1. The second-order valence-electron chi connectivity index (χ2n) is 4.14. The van der Waals surface area contributed by atoms with E-state index in [1.807, 2.05) is 14.1 Å². The van der Waals surface area contributed by atoms with Crippen molar-refractivity contribution in [1.82, 2.24) is 0 Å². The Kier molecular flexibility index (Phi) is 5.48. The van der Waals surface area contributed by atoms with Gasteiger partial charge in [0.2, 0.25) is 0 Å². The average Bonchev–Trinajstić information content (AvgIpc) is 2.29. The van der Waals surface area contributed by atoms with E-state index in [2.05, 4.69) is 49.8 Å². The van der Waals surface area contributed by atoms with E-state index in [4.69, 9.17) is 0 Å². The van der Waals surface area contributed by atoms with Crippen LogP contribution in [-0.2, 0) is 16.0 Å². The minimum absolute atomic E-state index is 0.125. The highest BCUT2D eigenvalue weighted by Crippen LogP contribution is 2.17. The van der Waals surface area contributed by atoms with E-state index >= 15 is 0 Å². The number of ether oxygens (including phenoxy) is 1. The Labute approximate surface area is 111 Å². The van der Waals surface area contributed by atoms with Crippen LogP contribution in [0.15, 0.2) is 24.3 Å². The lowest BCUT2D eigenvalue weighted by Crippen LogP contribution is -2.12. The largest absolute Gasteiger partial charge is 0.469 e. The molecule has 1 rings (SSSR count). The number of methoxy groups -OCH3 is 1. The maximum absolute atomic E-state index is 11.1. The van der Waals surface area contributed by atoms with Crippen molar-refractivity contribution in [2.24, 2.45) is 0 Å². The van der Waals surface area contributed by atoms with Crippen molar-refractivity contribution in [2.45, 2.75) is 17.7 Å². The molecule has 4 heteroatoms. The van der Waals surface area contributed by atoms with E-state index in [0.717, 1.165) is 6.42 Å². The summed E-state index contributed by atoms with van der Waals surface area (Å²) in [4.78, 5) is 13.3. The summed E-state index contributed by atoms with van der Waals surface area (Å²) in [7, 11) is 5.44. The van der Waals surface area contributed by atoms with Gasteiger partial charge in [0.25, 0.3) is 0 Å². The highest BCUT2D eigenvalue weighted by molar-refractivity contribution is 9.09. The number of rotatable bonds is 5. The zero-order valence-electron chi connectivity index (χ0n) is 10.4. The van der Waals surface area contributed by atoms with E-state index in [9.17, 15) is 4.79 Å². The summed E-state index contributed by atoms with van der Waals surface area (Å²) >= 11 is 3.49. The van der Waals surface area contributed by atoms with Gasteiger partial charge in [-0.3, -0.25) is 4.79 Å². The lowest BCUT2D eigenvalue weighted by Gasteiger charge is -2.13. The van der Waals surface area contributed by atoms with Crippen LogP contribution in [0.3, 0.4) is 0 Å². The third-order valence-corrected chi connectivity index (χ3v) is 3.17. The van der Waals surface area contributed by atoms with Gasteiger partial charge in [-0.15, -0.1) is 0 Å². The van der Waals surface area contributed by atoms with E-state index in [0.29, 0.717) is 6.42 Å². The van der Waals surface area contributed by atoms with Gasteiger partial charge in [-0.05, 0) is 24.1 Å². The molecule has 0 heterocycles. The van der Waals surface area contributed by atoms with Crippen molar-refractivity contribution in [2.75, 3.05) is 26.1 Å². The van der Waals surface area contributed by atoms with Gasteiger partial charge >= 0.3 is 5.97 Å². The maximum atomic E-state index is 11.1. The molecule has 0 aliphatic heterocycles. The quantitative estimate of drug-likeness (QED) is 0.618. The molecule has 3 nitrogen and oxygen atoms in total. The van der Waals surface area contributed by atoms with Gasteiger partial charge in [0.05, 0.1) is 13.5 Å². The molecule has 0 radical (unpaired) electrons. The lowest BCUT2D eigenvalue weighted by atomic mass is 10.1. The van der Waals surface area contributed by atoms with E-state index in [1.54, 1.807) is 0 Å². The fraction of sp³-hybridized carbons (Fsp3) is 0.462. The molecule has 0 bridgehead atoms. The molecule has 0 aromatic heterocycles. The second kappa shape index (κ2) is 6.64. The average molecular weight is 300 g/mol. The van der Waals surface area contributed by atoms with Crippen LogP contribution in [0.1, 0.15) is 12.0 Å². The molecule has 0 aliphatic carbocycles. The SMILES string of the molecule is COC(=O)CC(Br)Cc1ccc(N(C)C)cc1. The standard InChI is InChI=1S/C13H18BrNO2/c1-15(2)12-6-4-10(5-7-12)8-11(14)9-13(16)17-3/h4-7,11H,8-9H2,1-3H3. The summed E-state index contributed by atoms with van der Waals surface area (Å²) in [5.74, 6) is -0.184. The van der Waals surface area contributed by atoms with Gasteiger partial charge in [0.15, 0.2) is 0 Å². The van der Waals surface area contributed by atoms with Crippen LogP contribution in [0.5, 0.6) is 0 Å². The minimum atomic E-state index is -0.184. The van der Waals surface area contributed by atoms with Crippen LogP contribution in [-0.4, -0.2) is 32.0 Å². The summed E-state index contributed by atoms with van der Waals surface area (Å²) in [6.07, 6.45) is 1.22. The van der Waals surface area contributed by atoms with E-state index in [-0.39, 0.29) is 10.8 Å². The second-order valence-corrected chi connectivity index (χ2v) is 5.44. The van der Waals surface area contributed by atoms with E-state index < -0.39 is 0 Å². The first kappa shape index (κ1) is 14.0. The first-order valence-corrected chi connectivity index (χ1v) is 6.41. The molecule has 1 atom stereocenters. The zero-order chi connectivity index (χ0) is 12.8. The lowest BCUT2D eigenvalue weighted by molar-refractivity contribution is -0.140. The van der Waals surface area contributed by atoms with Crippen LogP contribution in [0.25, 0.3) is 0 Å². The molecule has 0 aliphatic rings. The first-order chi connectivity index (χ1) is 8.02. The smallest absolute Gasteiger partial charge is 0.306 e. The zero-order valence-corrected chi connectivity index (χ0v) is 12.0. The first-order valence-electron chi connectivity index (χ1n) is 5.50. The topological polar surface area (TPSA) is 29.5 Å². The van der Waals surface area contributed by atoms with Crippen molar-refractivity contribution in [3.05, 3.63) is 29.8 Å². The van der Waals surface area contributed by atoms with Gasteiger partial charge in [0, 0.05) is 24.6 Å². The Morgan fingerprint density at radius 3 is 2.41 bits per heavy atom. The van der Waals surface area contributed by atoms with Crippen LogP contribution >= 0.6 is 15.9 Å². The Hall–Kier alpha value is -1.03. The third-order valence-electron chi connectivity index (χ3n) is 2.53. The number of nitrogens with zero attached hydrogens (tertiary/aromatic N) is 1. The highest BCUT2D eigenvalue weighted by Gasteiger charge is 2.11. The van der Waals surface area contributed by atoms with Gasteiger partial charge in [-0.2, -0.15) is 0 Å². The van der Waals surface area contributed by atoms with Gasteiger partial charge in [-0.25, -0.2) is 0 Å². The fourth-order valence-corrected chi connectivity index (χ4v) is 2.16. The summed E-state index contributed by atoms with van der Waals surface area (Å²) in [5, 5.41) is 0. The molecule has 1 unspecified atom stereocenters. The fourth-order valence-electron chi connectivity index (χ4n) is 1.52. The van der Waals surface area contributed by atoms with E-state index in [1.165, 1.54) is 18.4 Å². The molecule has 94 valence electrons. The summed E-state index contributed by atoms with van der Waals surface area (Å²) < 4.78 is 4.63. The number of hydrogen-bond donors (Lipinski definition) is 0. The number of hydrogen-bond acceptors (Lipinski definition) is 3. The molecule has 0 saturated carbocycles. The van der Waals surface area contributed by atoms with Gasteiger partial charge < -0.3 is 9.64 Å². The maximum Gasteiger partial charge on any atom is 0.306 e. The van der Waals surface area contributed by atoms with Crippen LogP contribution in [0.4, 0.5) is 5.69 Å². The summed E-state index contributed by atoms with van der Waals surface area (Å²) in [6, 6.07) is 8.32. The van der Waals surface area contributed by atoms with Crippen LogP contribution < -0.4 is 4.90 Å². The third kappa shape index (κ3) is 4.77. The number of halogens is 1. The number of carbonyl (C=O) groups excluding carboxylic acids is 1. The Balaban J connectivity index is 2.54. The van der Waals surface area contributed by atoms with Crippen molar-refractivity contribution >= 4 is 27.6 Å². The van der Waals surface area contributed by atoms with Crippen molar-refractivity contribution in [3.63, 3.8) is 0 Å². The summed E-state index contributed by atoms with van der Waals surface area (Å²) in [6.45, 7) is 0. The number of carbonyl (C=O) groups is 1. The molecule has 0 amide bonds. The molecular weight excluding hydrogens is 282 g/mol. The monoisotopic (exact) mass is 299 g/mol. The molecule has 1 aromatic rings. The van der Waals surface area contributed by atoms with Crippen LogP contribution in [0, 0.1) is 0 Å². The van der Waals surface area contributed by atoms with Gasteiger partial charge in [0.1, 0.15) is 0 Å². The van der Waals surface area contributed by atoms with Gasteiger partial charge in [-0.1, -0.05) is 28.1 Å². The molecule has 1 aromatic carbocycles.